The lowest BCUT2D eigenvalue weighted by Crippen LogP contribution is -2.37. The van der Waals surface area contributed by atoms with Crippen LogP contribution >= 0.6 is 23.2 Å². The fourth-order valence-corrected chi connectivity index (χ4v) is 1.58. The number of rotatable bonds is 3. The Kier molecular flexibility index (Phi) is 4.23. The minimum absolute atomic E-state index is 0.190. The number of aldehydes is 1. The third-order valence-corrected chi connectivity index (χ3v) is 2.51. The molecule has 1 saturated heterocycles. The van der Waals surface area contributed by atoms with Crippen LogP contribution in [-0.4, -0.2) is 18.5 Å². The zero-order valence-corrected chi connectivity index (χ0v) is 8.77. The summed E-state index contributed by atoms with van der Waals surface area (Å²) in [5, 5.41) is 0. The molecule has 0 aromatic rings. The lowest BCUT2D eigenvalue weighted by atomic mass is 9.92. The highest BCUT2D eigenvalue weighted by atomic mass is 35.5. The largest absolute Gasteiger partial charge is 0.367 e. The minimum Gasteiger partial charge on any atom is -0.367 e. The van der Waals surface area contributed by atoms with Gasteiger partial charge in [-0.2, -0.15) is 0 Å². The standard InChI is InChI=1S/C9H12Cl2O2/c10-8(11)3-5-9(7-12)4-1-2-6-13-9/h3,7H,1-2,4-6H2. The molecule has 2 nitrogen and oxygen atoms in total. The summed E-state index contributed by atoms with van der Waals surface area (Å²) in [6, 6.07) is 0. The maximum atomic E-state index is 10.9. The quantitative estimate of drug-likeness (QED) is 0.687. The van der Waals surface area contributed by atoms with E-state index in [9.17, 15) is 4.79 Å². The predicted octanol–water partition coefficient (Wildman–Crippen LogP) is 2.83. The van der Waals surface area contributed by atoms with Crippen LogP contribution in [0.2, 0.25) is 0 Å². The SMILES string of the molecule is O=CC1(CC=C(Cl)Cl)CCCCO1. The highest BCUT2D eigenvalue weighted by Gasteiger charge is 2.31. The summed E-state index contributed by atoms with van der Waals surface area (Å²) in [6.45, 7) is 0.645. The number of carbonyl (C=O) groups excluding carboxylic acids is 1. The second kappa shape index (κ2) is 4.99. The summed E-state index contributed by atoms with van der Waals surface area (Å²) < 4.78 is 5.63. The molecule has 1 aliphatic rings. The topological polar surface area (TPSA) is 26.3 Å². The van der Waals surface area contributed by atoms with Crippen LogP contribution in [0.25, 0.3) is 0 Å². The average Bonchev–Trinajstić information content (AvgIpc) is 2.16. The van der Waals surface area contributed by atoms with E-state index in [1.54, 1.807) is 6.08 Å². The fourth-order valence-electron chi connectivity index (χ4n) is 1.43. The van der Waals surface area contributed by atoms with Crippen molar-refractivity contribution in [3.63, 3.8) is 0 Å². The molecule has 1 aliphatic heterocycles. The van der Waals surface area contributed by atoms with Crippen molar-refractivity contribution >= 4 is 29.5 Å². The molecule has 0 saturated carbocycles. The van der Waals surface area contributed by atoms with Gasteiger partial charge in [-0.25, -0.2) is 0 Å². The summed E-state index contributed by atoms with van der Waals surface area (Å²) >= 11 is 10.9. The predicted molar refractivity (Wildman–Crippen MR) is 53.0 cm³/mol. The lowest BCUT2D eigenvalue weighted by Gasteiger charge is -2.31. The van der Waals surface area contributed by atoms with Crippen LogP contribution < -0.4 is 0 Å². The maximum Gasteiger partial charge on any atom is 0.152 e. The van der Waals surface area contributed by atoms with Gasteiger partial charge in [0, 0.05) is 13.0 Å². The third-order valence-electron chi connectivity index (χ3n) is 2.20. The van der Waals surface area contributed by atoms with E-state index < -0.39 is 5.60 Å². The molecular weight excluding hydrogens is 211 g/mol. The first-order valence-electron chi connectivity index (χ1n) is 4.30. The smallest absolute Gasteiger partial charge is 0.152 e. The molecule has 0 aromatic carbocycles. The molecular formula is C9H12Cl2O2. The van der Waals surface area contributed by atoms with E-state index in [1.165, 1.54) is 0 Å². The van der Waals surface area contributed by atoms with Crippen LogP contribution in [0, 0.1) is 0 Å². The number of ether oxygens (including phenoxy) is 1. The second-order valence-electron chi connectivity index (χ2n) is 3.19. The Hall–Kier alpha value is -0.0500. The third kappa shape index (κ3) is 3.29. The van der Waals surface area contributed by atoms with Gasteiger partial charge in [0.05, 0.1) is 0 Å². The highest BCUT2D eigenvalue weighted by molar-refractivity contribution is 6.55. The van der Waals surface area contributed by atoms with Crippen molar-refractivity contribution in [3.8, 4) is 0 Å². The monoisotopic (exact) mass is 222 g/mol. The van der Waals surface area contributed by atoms with Crippen molar-refractivity contribution in [3.05, 3.63) is 10.6 Å². The number of halogens is 2. The van der Waals surface area contributed by atoms with Crippen LogP contribution in [0.3, 0.4) is 0 Å². The molecule has 0 spiro atoms. The van der Waals surface area contributed by atoms with Gasteiger partial charge in [0.1, 0.15) is 10.1 Å². The normalized spacial score (nSPS) is 28.2. The molecule has 1 rings (SSSR count). The highest BCUT2D eigenvalue weighted by Crippen LogP contribution is 2.27. The number of hydrogen-bond donors (Lipinski definition) is 0. The maximum absolute atomic E-state index is 10.9. The lowest BCUT2D eigenvalue weighted by molar-refractivity contribution is -0.137. The average molecular weight is 223 g/mol. The van der Waals surface area contributed by atoms with Crippen LogP contribution in [0.5, 0.6) is 0 Å². The van der Waals surface area contributed by atoms with Crippen molar-refractivity contribution in [2.24, 2.45) is 0 Å². The van der Waals surface area contributed by atoms with Gasteiger partial charge in [-0.15, -0.1) is 0 Å². The van der Waals surface area contributed by atoms with Gasteiger partial charge < -0.3 is 9.53 Å². The van der Waals surface area contributed by atoms with E-state index >= 15 is 0 Å². The first-order valence-corrected chi connectivity index (χ1v) is 5.06. The molecule has 0 N–H and O–H groups in total. The van der Waals surface area contributed by atoms with Crippen LogP contribution in [-0.2, 0) is 9.53 Å². The van der Waals surface area contributed by atoms with E-state index in [-0.39, 0.29) is 4.49 Å². The zero-order valence-electron chi connectivity index (χ0n) is 7.26. The minimum atomic E-state index is -0.673. The molecule has 13 heavy (non-hydrogen) atoms. The van der Waals surface area contributed by atoms with E-state index in [4.69, 9.17) is 27.9 Å². The number of hydrogen-bond acceptors (Lipinski definition) is 2. The molecule has 0 amide bonds. The van der Waals surface area contributed by atoms with Gasteiger partial charge in [-0.3, -0.25) is 0 Å². The van der Waals surface area contributed by atoms with Crippen molar-refractivity contribution in [1.82, 2.24) is 0 Å². The molecule has 0 radical (unpaired) electrons. The first-order chi connectivity index (χ1) is 6.18. The zero-order chi connectivity index (χ0) is 9.73. The van der Waals surface area contributed by atoms with E-state index in [1.807, 2.05) is 0 Å². The van der Waals surface area contributed by atoms with Crippen LogP contribution in [0.1, 0.15) is 25.7 Å². The van der Waals surface area contributed by atoms with Gasteiger partial charge in [-0.05, 0) is 19.3 Å². The molecule has 4 heteroatoms. The van der Waals surface area contributed by atoms with Crippen LogP contribution in [0.15, 0.2) is 10.6 Å². The van der Waals surface area contributed by atoms with Gasteiger partial charge >= 0.3 is 0 Å². The summed E-state index contributed by atoms with van der Waals surface area (Å²) in [6.07, 6.45) is 5.75. The Bertz CT molecular complexity index is 204. The Morgan fingerprint density at radius 3 is 2.69 bits per heavy atom. The summed E-state index contributed by atoms with van der Waals surface area (Å²) in [5.74, 6) is 0. The van der Waals surface area contributed by atoms with E-state index in [0.717, 1.165) is 25.5 Å². The Labute approximate surface area is 87.8 Å². The Balaban J connectivity index is 2.57. The summed E-state index contributed by atoms with van der Waals surface area (Å²) in [5.41, 5.74) is -0.673. The van der Waals surface area contributed by atoms with Gasteiger partial charge in [-0.1, -0.05) is 29.3 Å². The Morgan fingerprint density at radius 2 is 2.23 bits per heavy atom. The molecule has 74 valence electrons. The fraction of sp³-hybridized carbons (Fsp3) is 0.667. The molecule has 0 aromatic heterocycles. The van der Waals surface area contributed by atoms with Gasteiger partial charge in [0.2, 0.25) is 0 Å². The van der Waals surface area contributed by atoms with Gasteiger partial charge in [0.25, 0.3) is 0 Å². The van der Waals surface area contributed by atoms with E-state index in [0.29, 0.717) is 13.0 Å². The molecule has 1 unspecified atom stereocenters. The second-order valence-corrected chi connectivity index (χ2v) is 4.19. The summed E-state index contributed by atoms with van der Waals surface area (Å²) in [7, 11) is 0. The Morgan fingerprint density at radius 1 is 1.46 bits per heavy atom. The van der Waals surface area contributed by atoms with Crippen LogP contribution in [0.4, 0.5) is 0 Å². The first kappa shape index (κ1) is 11.0. The number of carbonyl (C=O) groups is 1. The molecule has 1 fully saturated rings. The van der Waals surface area contributed by atoms with Crippen molar-refractivity contribution < 1.29 is 9.53 Å². The summed E-state index contributed by atoms with van der Waals surface area (Å²) in [4.78, 5) is 10.9. The molecule has 1 heterocycles. The molecule has 0 bridgehead atoms. The molecule has 1 atom stereocenters. The van der Waals surface area contributed by atoms with Crippen molar-refractivity contribution in [2.75, 3.05) is 6.61 Å². The van der Waals surface area contributed by atoms with Crippen molar-refractivity contribution in [2.45, 2.75) is 31.3 Å². The molecule has 0 aliphatic carbocycles. The van der Waals surface area contributed by atoms with E-state index in [2.05, 4.69) is 0 Å². The van der Waals surface area contributed by atoms with Crippen molar-refractivity contribution in [1.29, 1.82) is 0 Å². The van der Waals surface area contributed by atoms with Gasteiger partial charge in [0.15, 0.2) is 6.29 Å².